The number of para-hydroxylation sites is 1. The lowest BCUT2D eigenvalue weighted by Gasteiger charge is -2.25. The predicted molar refractivity (Wildman–Crippen MR) is 95.2 cm³/mol. The van der Waals surface area contributed by atoms with Crippen molar-refractivity contribution in [2.24, 2.45) is 0 Å². The van der Waals surface area contributed by atoms with E-state index in [0.29, 0.717) is 5.69 Å². The quantitative estimate of drug-likeness (QED) is 0.343. The summed E-state index contributed by atoms with van der Waals surface area (Å²) in [6.45, 7) is 5.00. The number of pyridine rings is 1. The number of hydrogen-bond acceptors (Lipinski definition) is 6. The van der Waals surface area contributed by atoms with Crippen LogP contribution in [-0.2, 0) is 9.53 Å². The first kappa shape index (κ1) is 18.7. The first-order valence-corrected chi connectivity index (χ1v) is 7.90. The molecule has 7 nitrogen and oxygen atoms in total. The van der Waals surface area contributed by atoms with Crippen LogP contribution in [0.2, 0.25) is 5.15 Å². The lowest BCUT2D eigenvalue weighted by Crippen LogP contribution is -2.33. The van der Waals surface area contributed by atoms with E-state index in [4.69, 9.17) is 16.3 Å². The van der Waals surface area contributed by atoms with Crippen LogP contribution in [0, 0.1) is 10.1 Å². The summed E-state index contributed by atoms with van der Waals surface area (Å²) >= 11 is 5.92. The Kier molecular flexibility index (Phi) is 5.58. The molecule has 0 saturated carbocycles. The Morgan fingerprint density at radius 1 is 1.24 bits per heavy atom. The summed E-state index contributed by atoms with van der Waals surface area (Å²) in [4.78, 5) is 28.6. The van der Waals surface area contributed by atoms with Crippen molar-refractivity contribution in [2.75, 3.05) is 11.4 Å². The second-order valence-electron chi connectivity index (χ2n) is 6.24. The van der Waals surface area contributed by atoms with Gasteiger partial charge in [-0.3, -0.25) is 14.9 Å². The van der Waals surface area contributed by atoms with Gasteiger partial charge in [0.2, 0.25) is 5.82 Å². The van der Waals surface area contributed by atoms with Crippen LogP contribution in [0.5, 0.6) is 0 Å². The van der Waals surface area contributed by atoms with Crippen LogP contribution in [0.15, 0.2) is 42.5 Å². The van der Waals surface area contributed by atoms with Gasteiger partial charge in [-0.15, -0.1) is 0 Å². The van der Waals surface area contributed by atoms with E-state index in [0.717, 1.165) is 0 Å². The van der Waals surface area contributed by atoms with Gasteiger partial charge in [0.15, 0.2) is 0 Å². The van der Waals surface area contributed by atoms with Gasteiger partial charge in [0.25, 0.3) is 0 Å². The smallest absolute Gasteiger partial charge is 0.326 e. The number of halogens is 1. The maximum Gasteiger partial charge on any atom is 0.326 e. The van der Waals surface area contributed by atoms with Crippen molar-refractivity contribution in [1.29, 1.82) is 0 Å². The third kappa shape index (κ3) is 5.15. The molecule has 0 fully saturated rings. The van der Waals surface area contributed by atoms with Crippen molar-refractivity contribution >= 4 is 34.8 Å². The van der Waals surface area contributed by atoms with Crippen molar-refractivity contribution in [2.45, 2.75) is 26.4 Å². The highest BCUT2D eigenvalue weighted by Gasteiger charge is 2.27. The Hall–Kier alpha value is -2.67. The number of esters is 1. The normalized spacial score (nSPS) is 11.0. The molecule has 132 valence electrons. The molecule has 0 saturated heterocycles. The molecule has 0 N–H and O–H groups in total. The van der Waals surface area contributed by atoms with Crippen LogP contribution in [0.1, 0.15) is 20.8 Å². The number of benzene rings is 1. The maximum atomic E-state index is 12.3. The van der Waals surface area contributed by atoms with Gasteiger partial charge in [0.1, 0.15) is 17.3 Å². The molecule has 1 heterocycles. The van der Waals surface area contributed by atoms with Gasteiger partial charge >= 0.3 is 11.7 Å². The maximum absolute atomic E-state index is 12.3. The zero-order valence-electron chi connectivity index (χ0n) is 14.1. The van der Waals surface area contributed by atoms with E-state index in [9.17, 15) is 14.9 Å². The number of nitro groups is 1. The molecule has 0 aliphatic heterocycles. The van der Waals surface area contributed by atoms with Gasteiger partial charge in [-0.1, -0.05) is 29.8 Å². The predicted octanol–water partition coefficient (Wildman–Crippen LogP) is 4.12. The third-order valence-electron chi connectivity index (χ3n) is 3.05. The van der Waals surface area contributed by atoms with Crippen LogP contribution in [0.4, 0.5) is 17.2 Å². The van der Waals surface area contributed by atoms with Crippen LogP contribution in [0.25, 0.3) is 0 Å². The Bertz CT molecular complexity index is 775. The van der Waals surface area contributed by atoms with Gasteiger partial charge in [-0.2, -0.15) is 0 Å². The van der Waals surface area contributed by atoms with E-state index in [2.05, 4.69) is 4.98 Å². The summed E-state index contributed by atoms with van der Waals surface area (Å²) < 4.78 is 5.33. The lowest BCUT2D eigenvalue weighted by molar-refractivity contribution is -0.384. The fourth-order valence-corrected chi connectivity index (χ4v) is 2.30. The van der Waals surface area contributed by atoms with E-state index >= 15 is 0 Å². The van der Waals surface area contributed by atoms with Crippen LogP contribution in [-0.4, -0.2) is 28.0 Å². The van der Waals surface area contributed by atoms with Crippen molar-refractivity contribution < 1.29 is 14.5 Å². The first-order valence-electron chi connectivity index (χ1n) is 7.53. The van der Waals surface area contributed by atoms with Gasteiger partial charge in [-0.25, -0.2) is 4.98 Å². The minimum atomic E-state index is -0.673. The average Bonchev–Trinajstić information content (AvgIpc) is 2.51. The zero-order valence-corrected chi connectivity index (χ0v) is 14.9. The summed E-state index contributed by atoms with van der Waals surface area (Å²) in [6, 6.07) is 11.3. The molecule has 8 heteroatoms. The van der Waals surface area contributed by atoms with Gasteiger partial charge in [0, 0.05) is 11.8 Å². The molecule has 0 aliphatic carbocycles. The highest BCUT2D eigenvalue weighted by Crippen LogP contribution is 2.33. The number of nitrogens with zero attached hydrogens (tertiary/aromatic N) is 3. The largest absolute Gasteiger partial charge is 0.459 e. The highest BCUT2D eigenvalue weighted by atomic mass is 35.5. The summed E-state index contributed by atoms with van der Waals surface area (Å²) in [7, 11) is 0. The first-order chi connectivity index (χ1) is 11.7. The van der Waals surface area contributed by atoms with Crippen molar-refractivity contribution in [3.63, 3.8) is 0 Å². The number of rotatable bonds is 5. The third-order valence-corrected chi connectivity index (χ3v) is 3.26. The lowest BCUT2D eigenvalue weighted by atomic mass is 10.2. The van der Waals surface area contributed by atoms with Crippen molar-refractivity contribution in [1.82, 2.24) is 4.98 Å². The molecule has 0 spiro atoms. The number of aromatic nitrogens is 1. The Morgan fingerprint density at radius 3 is 2.44 bits per heavy atom. The molecule has 0 unspecified atom stereocenters. The fraction of sp³-hybridized carbons (Fsp3) is 0.294. The number of carbonyl (C=O) groups is 1. The van der Waals surface area contributed by atoms with E-state index in [1.165, 1.54) is 17.0 Å². The number of hydrogen-bond donors (Lipinski definition) is 0. The van der Waals surface area contributed by atoms with Gasteiger partial charge < -0.3 is 9.64 Å². The summed E-state index contributed by atoms with van der Waals surface area (Å²) in [5, 5.41) is 11.5. The molecule has 1 aromatic heterocycles. The fourth-order valence-electron chi connectivity index (χ4n) is 2.16. The summed E-state index contributed by atoms with van der Waals surface area (Å²) in [5.74, 6) is -0.554. The van der Waals surface area contributed by atoms with Gasteiger partial charge in [-0.05, 0) is 39.0 Å². The van der Waals surface area contributed by atoms with E-state index < -0.39 is 16.5 Å². The second-order valence-corrected chi connectivity index (χ2v) is 6.63. The van der Waals surface area contributed by atoms with Crippen molar-refractivity contribution in [3.8, 4) is 0 Å². The summed E-state index contributed by atoms with van der Waals surface area (Å²) in [6.07, 6.45) is 0. The van der Waals surface area contributed by atoms with Crippen LogP contribution >= 0.6 is 11.6 Å². The SMILES string of the molecule is CC(C)(C)OC(=O)CN(c1ccccc1)c1nc(Cl)ccc1[N+](=O)[O-]. The number of carbonyl (C=O) groups excluding carboxylic acids is 1. The highest BCUT2D eigenvalue weighted by molar-refractivity contribution is 6.29. The Balaban J connectivity index is 2.48. The number of ether oxygens (including phenoxy) is 1. The molecule has 0 radical (unpaired) electrons. The molecule has 0 aliphatic rings. The monoisotopic (exact) mass is 363 g/mol. The molecule has 0 atom stereocenters. The minimum Gasteiger partial charge on any atom is -0.459 e. The molecule has 0 bridgehead atoms. The van der Waals surface area contributed by atoms with Gasteiger partial charge in [0.05, 0.1) is 4.92 Å². The van der Waals surface area contributed by atoms with E-state index in [-0.39, 0.29) is 23.2 Å². The number of anilines is 2. The molecule has 0 amide bonds. The standard InChI is InChI=1S/C17H18ClN3O4/c1-17(2,3)25-15(22)11-20(12-7-5-4-6-8-12)16-13(21(23)24)9-10-14(18)19-16/h4-10H,11H2,1-3H3. The van der Waals surface area contributed by atoms with Crippen LogP contribution < -0.4 is 4.90 Å². The molecular weight excluding hydrogens is 346 g/mol. The molecule has 1 aromatic carbocycles. The van der Waals surface area contributed by atoms with E-state index in [1.54, 1.807) is 51.1 Å². The second kappa shape index (κ2) is 7.48. The Labute approximate surface area is 150 Å². The van der Waals surface area contributed by atoms with Crippen molar-refractivity contribution in [3.05, 3.63) is 57.7 Å². The average molecular weight is 364 g/mol. The van der Waals surface area contributed by atoms with Crippen LogP contribution in [0.3, 0.4) is 0 Å². The topological polar surface area (TPSA) is 85.6 Å². The zero-order chi connectivity index (χ0) is 18.6. The molecular formula is C17H18ClN3O4. The molecule has 2 aromatic rings. The summed E-state index contributed by atoms with van der Waals surface area (Å²) in [5.41, 5.74) is -0.365. The van der Waals surface area contributed by atoms with E-state index in [1.807, 2.05) is 0 Å². The molecule has 25 heavy (non-hydrogen) atoms. The molecule has 2 rings (SSSR count). The Morgan fingerprint density at radius 2 is 1.88 bits per heavy atom. The minimum absolute atomic E-state index is 0.0189.